The molecule has 0 aromatic heterocycles. The molecule has 0 amide bonds. The van der Waals surface area contributed by atoms with Gasteiger partial charge in [-0.15, -0.1) is 0 Å². The second kappa shape index (κ2) is 8.28. The number of methoxy groups -OCH3 is 1. The molecular formula is C18H29NO2. The Hall–Kier alpha value is -1.22. The highest BCUT2D eigenvalue weighted by Gasteiger charge is 2.19. The van der Waals surface area contributed by atoms with Gasteiger partial charge in [-0.25, -0.2) is 0 Å². The fraction of sp³-hybridized carbons (Fsp3) is 0.667. The quantitative estimate of drug-likeness (QED) is 0.818. The minimum Gasteiger partial charge on any atom is -0.493 e. The van der Waals surface area contributed by atoms with E-state index in [2.05, 4.69) is 24.4 Å². The summed E-state index contributed by atoms with van der Waals surface area (Å²) in [5.41, 5.74) is 1.25. The van der Waals surface area contributed by atoms with E-state index in [4.69, 9.17) is 9.47 Å². The Morgan fingerprint density at radius 2 is 1.95 bits per heavy atom. The minimum atomic E-state index is 0.586. The zero-order valence-electron chi connectivity index (χ0n) is 13.7. The zero-order chi connectivity index (χ0) is 15.1. The molecule has 0 spiro atoms. The van der Waals surface area contributed by atoms with Crippen LogP contribution in [0.15, 0.2) is 18.2 Å². The van der Waals surface area contributed by atoms with E-state index in [0.717, 1.165) is 24.0 Å². The Morgan fingerprint density at radius 1 is 1.19 bits per heavy atom. The van der Waals surface area contributed by atoms with E-state index in [-0.39, 0.29) is 0 Å². The maximum Gasteiger partial charge on any atom is 0.161 e. The topological polar surface area (TPSA) is 30.5 Å². The average molecular weight is 291 g/mol. The van der Waals surface area contributed by atoms with Crippen molar-refractivity contribution in [3.05, 3.63) is 23.8 Å². The molecule has 0 bridgehead atoms. The van der Waals surface area contributed by atoms with Crippen molar-refractivity contribution in [3.8, 4) is 11.5 Å². The van der Waals surface area contributed by atoms with Gasteiger partial charge in [0.1, 0.15) is 0 Å². The van der Waals surface area contributed by atoms with Crippen molar-refractivity contribution < 1.29 is 9.47 Å². The zero-order valence-corrected chi connectivity index (χ0v) is 13.7. The van der Waals surface area contributed by atoms with Gasteiger partial charge in [0, 0.05) is 12.6 Å². The van der Waals surface area contributed by atoms with E-state index in [9.17, 15) is 0 Å². The van der Waals surface area contributed by atoms with E-state index in [1.54, 1.807) is 7.11 Å². The molecule has 21 heavy (non-hydrogen) atoms. The monoisotopic (exact) mass is 291 g/mol. The Bertz CT molecular complexity index is 427. The molecular weight excluding hydrogens is 262 g/mol. The predicted octanol–water partition coefficient (Wildman–Crippen LogP) is 4.15. The molecule has 3 heteroatoms. The van der Waals surface area contributed by atoms with Gasteiger partial charge < -0.3 is 14.8 Å². The van der Waals surface area contributed by atoms with E-state index >= 15 is 0 Å². The summed E-state index contributed by atoms with van der Waals surface area (Å²) in [5, 5.41) is 3.68. The molecule has 1 atom stereocenters. The lowest BCUT2D eigenvalue weighted by molar-refractivity contribution is 0.280. The van der Waals surface area contributed by atoms with Crippen molar-refractivity contribution in [1.29, 1.82) is 0 Å². The lowest BCUT2D eigenvalue weighted by atomic mass is 9.84. The fourth-order valence-corrected chi connectivity index (χ4v) is 3.18. The fourth-order valence-electron chi connectivity index (χ4n) is 3.18. The van der Waals surface area contributed by atoms with Crippen molar-refractivity contribution in [2.45, 2.75) is 58.5 Å². The van der Waals surface area contributed by atoms with Crippen LogP contribution >= 0.6 is 0 Å². The van der Waals surface area contributed by atoms with Crippen LogP contribution in [-0.4, -0.2) is 19.8 Å². The maximum atomic E-state index is 5.56. The Labute approximate surface area is 129 Å². The van der Waals surface area contributed by atoms with Crippen LogP contribution in [0.25, 0.3) is 0 Å². The number of ether oxygens (including phenoxy) is 2. The summed E-state index contributed by atoms with van der Waals surface area (Å²) in [4.78, 5) is 0. The molecule has 1 saturated carbocycles. The van der Waals surface area contributed by atoms with Crippen LogP contribution in [0.3, 0.4) is 0 Å². The molecule has 1 N–H and O–H groups in total. The first-order valence-corrected chi connectivity index (χ1v) is 8.27. The van der Waals surface area contributed by atoms with Gasteiger partial charge in [0.25, 0.3) is 0 Å². The number of benzene rings is 1. The van der Waals surface area contributed by atoms with E-state index in [1.165, 1.54) is 37.7 Å². The number of hydrogen-bond donors (Lipinski definition) is 1. The van der Waals surface area contributed by atoms with Crippen LogP contribution in [0.1, 0.15) is 51.5 Å². The molecule has 1 fully saturated rings. The van der Waals surface area contributed by atoms with Crippen LogP contribution in [-0.2, 0) is 6.54 Å². The molecule has 2 rings (SSSR count). The highest BCUT2D eigenvalue weighted by molar-refractivity contribution is 5.42. The van der Waals surface area contributed by atoms with Crippen LogP contribution in [0.4, 0.5) is 0 Å². The summed E-state index contributed by atoms with van der Waals surface area (Å²) in [5.74, 6) is 2.48. The van der Waals surface area contributed by atoms with Crippen LogP contribution in [0.5, 0.6) is 11.5 Å². The van der Waals surface area contributed by atoms with Crippen LogP contribution in [0.2, 0.25) is 0 Å². The molecule has 1 aliphatic carbocycles. The van der Waals surface area contributed by atoms with Gasteiger partial charge in [0.05, 0.1) is 13.7 Å². The lowest BCUT2D eigenvalue weighted by Gasteiger charge is -2.28. The third-order valence-electron chi connectivity index (χ3n) is 4.51. The van der Waals surface area contributed by atoms with Gasteiger partial charge in [-0.2, -0.15) is 0 Å². The number of hydrogen-bond acceptors (Lipinski definition) is 3. The van der Waals surface area contributed by atoms with Crippen LogP contribution < -0.4 is 14.8 Å². The second-order valence-electron chi connectivity index (χ2n) is 5.99. The first-order chi connectivity index (χ1) is 10.2. The average Bonchev–Trinajstić information content (AvgIpc) is 2.54. The predicted molar refractivity (Wildman–Crippen MR) is 87.0 cm³/mol. The summed E-state index contributed by atoms with van der Waals surface area (Å²) in [6.45, 7) is 5.86. The first-order valence-electron chi connectivity index (χ1n) is 8.27. The number of nitrogens with one attached hydrogen (secondary N) is 1. The van der Waals surface area contributed by atoms with Crippen molar-refractivity contribution in [3.63, 3.8) is 0 Å². The van der Waals surface area contributed by atoms with E-state index in [1.807, 2.05) is 13.0 Å². The Balaban J connectivity index is 1.90. The molecule has 1 aromatic carbocycles. The second-order valence-corrected chi connectivity index (χ2v) is 5.99. The summed E-state index contributed by atoms with van der Waals surface area (Å²) >= 11 is 0. The van der Waals surface area contributed by atoms with Gasteiger partial charge in [0.2, 0.25) is 0 Å². The van der Waals surface area contributed by atoms with Crippen molar-refractivity contribution in [2.75, 3.05) is 13.7 Å². The standard InChI is InChI=1S/C18H29NO2/c1-4-21-17-11-10-15(12-18(17)20-3)13-19-14(2)16-8-6-5-7-9-16/h10-12,14,16,19H,4-9,13H2,1-3H3. The third kappa shape index (κ3) is 4.63. The summed E-state index contributed by atoms with van der Waals surface area (Å²) < 4.78 is 11.0. The SMILES string of the molecule is CCOc1ccc(CNC(C)C2CCCCC2)cc1OC. The normalized spacial score (nSPS) is 17.5. The molecule has 1 unspecified atom stereocenters. The smallest absolute Gasteiger partial charge is 0.161 e. The number of rotatable bonds is 7. The Kier molecular flexibility index (Phi) is 6.37. The minimum absolute atomic E-state index is 0.586. The van der Waals surface area contributed by atoms with Gasteiger partial charge in [-0.05, 0) is 50.3 Å². The van der Waals surface area contributed by atoms with E-state index < -0.39 is 0 Å². The Morgan fingerprint density at radius 3 is 2.62 bits per heavy atom. The van der Waals surface area contributed by atoms with Gasteiger partial charge in [-0.1, -0.05) is 25.3 Å². The molecule has 0 saturated heterocycles. The summed E-state index contributed by atoms with van der Waals surface area (Å²) in [6.07, 6.45) is 6.96. The molecule has 0 radical (unpaired) electrons. The molecule has 1 aliphatic rings. The lowest BCUT2D eigenvalue weighted by Crippen LogP contribution is -2.34. The van der Waals surface area contributed by atoms with Gasteiger partial charge in [-0.3, -0.25) is 0 Å². The molecule has 0 aliphatic heterocycles. The molecule has 3 nitrogen and oxygen atoms in total. The highest BCUT2D eigenvalue weighted by atomic mass is 16.5. The third-order valence-corrected chi connectivity index (χ3v) is 4.51. The van der Waals surface area contributed by atoms with Crippen LogP contribution in [0, 0.1) is 5.92 Å². The summed E-state index contributed by atoms with van der Waals surface area (Å²) in [6, 6.07) is 6.78. The van der Waals surface area contributed by atoms with Crippen molar-refractivity contribution in [1.82, 2.24) is 5.32 Å². The van der Waals surface area contributed by atoms with Gasteiger partial charge >= 0.3 is 0 Å². The molecule has 1 aromatic rings. The van der Waals surface area contributed by atoms with Crippen molar-refractivity contribution >= 4 is 0 Å². The molecule has 0 heterocycles. The molecule has 118 valence electrons. The summed E-state index contributed by atoms with van der Waals surface area (Å²) in [7, 11) is 1.69. The van der Waals surface area contributed by atoms with E-state index in [0.29, 0.717) is 12.6 Å². The van der Waals surface area contributed by atoms with Gasteiger partial charge in [0.15, 0.2) is 11.5 Å². The maximum absolute atomic E-state index is 5.56. The first kappa shape index (κ1) is 16.2. The largest absolute Gasteiger partial charge is 0.493 e. The van der Waals surface area contributed by atoms with Crippen molar-refractivity contribution in [2.24, 2.45) is 5.92 Å². The highest BCUT2D eigenvalue weighted by Crippen LogP contribution is 2.29.